The summed E-state index contributed by atoms with van der Waals surface area (Å²) in [4.78, 5) is 46.6. The number of halogens is 3. The molecule has 39 heavy (non-hydrogen) atoms. The maximum Gasteiger partial charge on any atom is 0.416 e. The summed E-state index contributed by atoms with van der Waals surface area (Å²) < 4.78 is 41.6. The van der Waals surface area contributed by atoms with Crippen molar-refractivity contribution in [2.75, 3.05) is 50.5 Å². The second-order valence-electron chi connectivity index (χ2n) is 9.02. The van der Waals surface area contributed by atoms with E-state index in [9.17, 15) is 27.6 Å². The van der Waals surface area contributed by atoms with E-state index in [1.165, 1.54) is 24.1 Å². The third-order valence-electron chi connectivity index (χ3n) is 6.06. The number of piperazine rings is 1. The molecule has 1 fully saturated rings. The number of alkyl halides is 3. The van der Waals surface area contributed by atoms with Crippen LogP contribution in [0.1, 0.15) is 33.2 Å². The Bertz CT molecular complexity index is 1370. The number of nitrogens with zero attached hydrogens (tertiary/aromatic N) is 4. The molecule has 0 atom stereocenters. The zero-order valence-corrected chi connectivity index (χ0v) is 23.0. The molecule has 0 aliphatic carbocycles. The fourth-order valence-electron chi connectivity index (χ4n) is 3.91. The zero-order valence-electron chi connectivity index (χ0n) is 21.4. The number of nitrogens with one attached hydrogen (secondary N) is 1. The first-order valence-corrected chi connectivity index (χ1v) is 13.5. The Morgan fingerprint density at radius 2 is 1.62 bits per heavy atom. The highest BCUT2D eigenvalue weighted by Gasteiger charge is 2.33. The van der Waals surface area contributed by atoms with Gasteiger partial charge < -0.3 is 14.7 Å². The standard InChI is InChI=1S/C26H26F3N5O3S2/c1-16(35)33-8-10-34(11-9-33)24(37)18-12-19(26(27,28)29)14-21(13-18)38-22-15-30-25(39-22)31-23(36)17-4-6-20(7-5-17)32(2)3/h4-7,12-15H,8-11H2,1-3H3,(H,30,31,36). The number of hydrogen-bond acceptors (Lipinski definition) is 7. The van der Waals surface area contributed by atoms with E-state index in [1.807, 2.05) is 31.1 Å². The first kappa shape index (κ1) is 28.4. The topological polar surface area (TPSA) is 85.9 Å². The van der Waals surface area contributed by atoms with Crippen molar-refractivity contribution in [3.8, 4) is 0 Å². The van der Waals surface area contributed by atoms with Crippen LogP contribution in [-0.2, 0) is 11.0 Å². The zero-order chi connectivity index (χ0) is 28.3. The molecule has 1 aliphatic heterocycles. The molecule has 1 N–H and O–H groups in total. The van der Waals surface area contributed by atoms with Crippen LogP contribution in [0.25, 0.3) is 0 Å². The largest absolute Gasteiger partial charge is 0.416 e. The lowest BCUT2D eigenvalue weighted by Gasteiger charge is -2.34. The van der Waals surface area contributed by atoms with Gasteiger partial charge in [0.2, 0.25) is 5.91 Å². The minimum Gasteiger partial charge on any atom is -0.378 e. The van der Waals surface area contributed by atoms with Crippen molar-refractivity contribution in [3.05, 3.63) is 65.4 Å². The molecule has 0 unspecified atom stereocenters. The molecule has 0 saturated carbocycles. The summed E-state index contributed by atoms with van der Waals surface area (Å²) in [6, 6.07) is 10.3. The molecule has 0 bridgehead atoms. The number of carbonyl (C=O) groups excluding carboxylic acids is 3. The molecule has 13 heteroatoms. The van der Waals surface area contributed by atoms with E-state index in [0.717, 1.165) is 40.9 Å². The average Bonchev–Trinajstić information content (AvgIpc) is 3.34. The number of carbonyl (C=O) groups is 3. The number of thiazole rings is 1. The van der Waals surface area contributed by atoms with E-state index in [4.69, 9.17) is 0 Å². The normalized spacial score (nSPS) is 13.8. The molecule has 0 spiro atoms. The number of hydrogen-bond donors (Lipinski definition) is 1. The smallest absolute Gasteiger partial charge is 0.378 e. The lowest BCUT2D eigenvalue weighted by molar-refractivity contribution is -0.137. The molecule has 3 amide bonds. The van der Waals surface area contributed by atoms with Gasteiger partial charge in [-0.2, -0.15) is 13.2 Å². The summed E-state index contributed by atoms with van der Waals surface area (Å²) in [5, 5.41) is 3.00. The molecule has 0 radical (unpaired) electrons. The maximum atomic E-state index is 13.7. The highest BCUT2D eigenvalue weighted by Crippen LogP contribution is 2.38. The number of anilines is 2. The van der Waals surface area contributed by atoms with Gasteiger partial charge in [0.15, 0.2) is 5.13 Å². The van der Waals surface area contributed by atoms with Crippen LogP contribution in [0.2, 0.25) is 0 Å². The molecule has 206 valence electrons. The van der Waals surface area contributed by atoms with E-state index in [2.05, 4.69) is 10.3 Å². The number of benzene rings is 2. The van der Waals surface area contributed by atoms with Crippen molar-refractivity contribution in [1.29, 1.82) is 0 Å². The van der Waals surface area contributed by atoms with Gasteiger partial charge in [-0.15, -0.1) is 0 Å². The highest BCUT2D eigenvalue weighted by atomic mass is 32.2. The van der Waals surface area contributed by atoms with E-state index in [0.29, 0.717) is 28.0 Å². The fourth-order valence-corrected chi connectivity index (χ4v) is 5.86. The van der Waals surface area contributed by atoms with Crippen LogP contribution in [-0.4, -0.2) is 72.8 Å². The first-order chi connectivity index (χ1) is 18.4. The average molecular weight is 578 g/mol. The van der Waals surface area contributed by atoms with Gasteiger partial charge in [0.1, 0.15) is 0 Å². The minimum absolute atomic E-state index is 0.0807. The van der Waals surface area contributed by atoms with Crippen LogP contribution in [0.4, 0.5) is 24.0 Å². The number of aromatic nitrogens is 1. The minimum atomic E-state index is -4.64. The van der Waals surface area contributed by atoms with Crippen LogP contribution >= 0.6 is 23.1 Å². The Morgan fingerprint density at radius 1 is 0.974 bits per heavy atom. The van der Waals surface area contributed by atoms with Gasteiger partial charge in [0, 0.05) is 68.9 Å². The summed E-state index contributed by atoms with van der Waals surface area (Å²) in [6.45, 7) is 2.58. The third kappa shape index (κ3) is 7.09. The highest BCUT2D eigenvalue weighted by molar-refractivity contribution is 8.01. The van der Waals surface area contributed by atoms with E-state index in [1.54, 1.807) is 17.0 Å². The Morgan fingerprint density at radius 3 is 2.21 bits per heavy atom. The van der Waals surface area contributed by atoms with Crippen molar-refractivity contribution >= 4 is 51.6 Å². The fraction of sp³-hybridized carbons (Fsp3) is 0.308. The molecule has 4 rings (SSSR count). The molecule has 1 aliphatic rings. The van der Waals surface area contributed by atoms with Crippen molar-refractivity contribution in [2.45, 2.75) is 22.2 Å². The van der Waals surface area contributed by atoms with E-state index in [-0.39, 0.29) is 35.4 Å². The molecular weight excluding hydrogens is 551 g/mol. The van der Waals surface area contributed by atoms with Crippen LogP contribution in [0.3, 0.4) is 0 Å². The van der Waals surface area contributed by atoms with E-state index < -0.39 is 17.6 Å². The summed E-state index contributed by atoms with van der Waals surface area (Å²) in [5.74, 6) is -0.992. The van der Waals surface area contributed by atoms with Crippen molar-refractivity contribution in [2.24, 2.45) is 0 Å². The lowest BCUT2D eigenvalue weighted by Crippen LogP contribution is -2.50. The first-order valence-electron chi connectivity index (χ1n) is 11.9. The maximum absolute atomic E-state index is 13.7. The second kappa shape index (κ2) is 11.7. The van der Waals surface area contributed by atoms with Crippen molar-refractivity contribution in [3.63, 3.8) is 0 Å². The van der Waals surface area contributed by atoms with Gasteiger partial charge in [-0.1, -0.05) is 23.1 Å². The van der Waals surface area contributed by atoms with Crippen LogP contribution in [0.5, 0.6) is 0 Å². The number of rotatable bonds is 6. The molecule has 3 aromatic rings. The monoisotopic (exact) mass is 577 g/mol. The quantitative estimate of drug-likeness (QED) is 0.447. The Balaban J connectivity index is 1.48. The number of amides is 3. The molecule has 2 aromatic carbocycles. The molecule has 2 heterocycles. The second-order valence-corrected chi connectivity index (χ2v) is 11.4. The van der Waals surface area contributed by atoms with Gasteiger partial charge >= 0.3 is 6.18 Å². The Kier molecular flexibility index (Phi) is 8.50. The Labute approximate surface area is 231 Å². The summed E-state index contributed by atoms with van der Waals surface area (Å²) >= 11 is 2.14. The summed E-state index contributed by atoms with van der Waals surface area (Å²) in [7, 11) is 3.79. The van der Waals surface area contributed by atoms with Gasteiger partial charge in [-0.3, -0.25) is 19.7 Å². The van der Waals surface area contributed by atoms with Crippen LogP contribution < -0.4 is 10.2 Å². The summed E-state index contributed by atoms with van der Waals surface area (Å²) in [5.41, 5.74) is 0.368. The van der Waals surface area contributed by atoms with Gasteiger partial charge in [-0.25, -0.2) is 4.98 Å². The van der Waals surface area contributed by atoms with Gasteiger partial charge in [-0.05, 0) is 42.5 Å². The van der Waals surface area contributed by atoms with E-state index >= 15 is 0 Å². The van der Waals surface area contributed by atoms with Crippen molar-refractivity contribution in [1.82, 2.24) is 14.8 Å². The molecule has 1 saturated heterocycles. The van der Waals surface area contributed by atoms with Crippen LogP contribution in [0.15, 0.2) is 57.8 Å². The van der Waals surface area contributed by atoms with Crippen molar-refractivity contribution < 1.29 is 27.6 Å². The lowest BCUT2D eigenvalue weighted by atomic mass is 10.1. The predicted molar refractivity (Wildman–Crippen MR) is 145 cm³/mol. The summed E-state index contributed by atoms with van der Waals surface area (Å²) in [6.07, 6.45) is -3.18. The molecule has 1 aromatic heterocycles. The van der Waals surface area contributed by atoms with Gasteiger partial charge in [0.05, 0.1) is 16.0 Å². The third-order valence-corrected chi connectivity index (χ3v) is 8.05. The van der Waals surface area contributed by atoms with Gasteiger partial charge in [0.25, 0.3) is 11.8 Å². The van der Waals surface area contributed by atoms with Crippen LogP contribution in [0, 0.1) is 0 Å². The SMILES string of the molecule is CC(=O)N1CCN(C(=O)c2cc(Sc3cnc(NC(=O)c4ccc(N(C)C)cc4)s3)cc(C(F)(F)F)c2)CC1. The molecular formula is C26H26F3N5O3S2. The Hall–Kier alpha value is -3.58. The molecule has 8 nitrogen and oxygen atoms in total. The predicted octanol–water partition coefficient (Wildman–Crippen LogP) is 4.94.